The molecule has 1 N–H and O–H groups in total. The second kappa shape index (κ2) is 5.51. The molecule has 98 valence electrons. The van der Waals surface area contributed by atoms with E-state index in [1.54, 1.807) is 6.07 Å². The summed E-state index contributed by atoms with van der Waals surface area (Å²) in [5.41, 5.74) is 0.479. The molecule has 1 atom stereocenters. The Kier molecular flexibility index (Phi) is 4.00. The van der Waals surface area contributed by atoms with Crippen molar-refractivity contribution in [1.82, 2.24) is 0 Å². The molecule has 1 fully saturated rings. The van der Waals surface area contributed by atoms with Crippen LogP contribution in [0.15, 0.2) is 18.2 Å². The van der Waals surface area contributed by atoms with Gasteiger partial charge < -0.3 is 14.7 Å². The van der Waals surface area contributed by atoms with Crippen LogP contribution < -0.4 is 4.90 Å². The molecule has 0 radical (unpaired) electrons. The maximum Gasteiger partial charge on any atom is 0.292 e. The van der Waals surface area contributed by atoms with Gasteiger partial charge in [-0.05, 0) is 12.1 Å². The maximum absolute atomic E-state index is 11.0. The lowest BCUT2D eigenvalue weighted by Crippen LogP contribution is -2.44. The van der Waals surface area contributed by atoms with Crippen LogP contribution in [0.3, 0.4) is 0 Å². The summed E-state index contributed by atoms with van der Waals surface area (Å²) in [5.74, 6) is 0. The van der Waals surface area contributed by atoms with Gasteiger partial charge in [0.2, 0.25) is 0 Å². The van der Waals surface area contributed by atoms with Crippen LogP contribution in [0.2, 0.25) is 5.02 Å². The van der Waals surface area contributed by atoms with Crippen molar-refractivity contribution in [2.45, 2.75) is 6.10 Å². The first-order valence-electron chi connectivity index (χ1n) is 5.53. The molecule has 1 aromatic carbocycles. The molecule has 7 heteroatoms. The Morgan fingerprint density at radius 2 is 2.39 bits per heavy atom. The van der Waals surface area contributed by atoms with Gasteiger partial charge in [-0.15, -0.1) is 0 Å². The molecule has 1 aromatic rings. The van der Waals surface area contributed by atoms with E-state index in [2.05, 4.69) is 0 Å². The molecule has 0 aromatic heterocycles. The fraction of sp³-hybridized carbons (Fsp3) is 0.455. The van der Waals surface area contributed by atoms with Gasteiger partial charge in [0.1, 0.15) is 5.69 Å². The van der Waals surface area contributed by atoms with Gasteiger partial charge in [0.05, 0.1) is 24.2 Å². The first-order valence-corrected chi connectivity index (χ1v) is 5.91. The Labute approximate surface area is 109 Å². The van der Waals surface area contributed by atoms with E-state index in [-0.39, 0.29) is 18.4 Å². The number of benzene rings is 1. The summed E-state index contributed by atoms with van der Waals surface area (Å²) in [6, 6.07) is 4.45. The van der Waals surface area contributed by atoms with Crippen LogP contribution in [0.4, 0.5) is 11.4 Å². The Bertz CT molecular complexity index is 455. The molecule has 1 aliphatic heterocycles. The van der Waals surface area contributed by atoms with Crippen LogP contribution >= 0.6 is 11.6 Å². The summed E-state index contributed by atoms with van der Waals surface area (Å²) < 4.78 is 5.31. The zero-order valence-electron chi connectivity index (χ0n) is 9.58. The predicted octanol–water partition coefficient (Wildman–Crippen LogP) is 1.45. The molecule has 0 amide bonds. The van der Waals surface area contributed by atoms with Crippen LogP contribution in [-0.2, 0) is 4.74 Å². The number of aliphatic hydroxyl groups is 1. The third kappa shape index (κ3) is 2.72. The van der Waals surface area contributed by atoms with Crippen molar-refractivity contribution in [3.05, 3.63) is 33.3 Å². The minimum absolute atomic E-state index is 0.0120. The average molecular weight is 273 g/mol. The highest BCUT2D eigenvalue weighted by molar-refractivity contribution is 6.31. The fourth-order valence-corrected chi connectivity index (χ4v) is 2.12. The van der Waals surface area contributed by atoms with E-state index < -0.39 is 4.92 Å². The van der Waals surface area contributed by atoms with Gasteiger partial charge in [-0.3, -0.25) is 10.1 Å². The number of morpholine rings is 1. The van der Waals surface area contributed by atoms with Gasteiger partial charge in [-0.25, -0.2) is 0 Å². The third-order valence-corrected chi connectivity index (χ3v) is 3.05. The summed E-state index contributed by atoms with van der Waals surface area (Å²) >= 11 is 5.88. The molecule has 1 aliphatic rings. The number of anilines is 1. The smallest absolute Gasteiger partial charge is 0.292 e. The minimum Gasteiger partial charge on any atom is -0.394 e. The predicted molar refractivity (Wildman–Crippen MR) is 67.1 cm³/mol. The zero-order chi connectivity index (χ0) is 13.1. The first-order chi connectivity index (χ1) is 8.61. The SMILES string of the molecule is O=[N+]([O-])c1ccc(Cl)cc1N1CCOC(CO)C1. The van der Waals surface area contributed by atoms with Crippen molar-refractivity contribution in [1.29, 1.82) is 0 Å². The van der Waals surface area contributed by atoms with Crippen LogP contribution in [0.1, 0.15) is 0 Å². The van der Waals surface area contributed by atoms with E-state index in [4.69, 9.17) is 21.4 Å². The van der Waals surface area contributed by atoms with Crippen molar-refractivity contribution in [2.75, 3.05) is 31.2 Å². The number of hydrogen-bond donors (Lipinski definition) is 1. The minimum atomic E-state index is -0.435. The molecule has 2 rings (SSSR count). The standard InChI is InChI=1S/C11H13ClN2O4/c12-8-1-2-10(14(16)17)11(5-8)13-3-4-18-9(6-13)7-15/h1-2,5,9,15H,3-4,6-7H2. The summed E-state index contributed by atoms with van der Waals surface area (Å²) in [7, 11) is 0. The monoisotopic (exact) mass is 272 g/mol. The third-order valence-electron chi connectivity index (χ3n) is 2.82. The van der Waals surface area contributed by atoms with Crippen LogP contribution in [0, 0.1) is 10.1 Å². The molecule has 0 spiro atoms. The molecule has 0 aliphatic carbocycles. The van der Waals surface area contributed by atoms with Gasteiger partial charge in [-0.2, -0.15) is 0 Å². The zero-order valence-corrected chi connectivity index (χ0v) is 10.3. The lowest BCUT2D eigenvalue weighted by atomic mass is 10.2. The highest BCUT2D eigenvalue weighted by Gasteiger charge is 2.25. The van der Waals surface area contributed by atoms with Gasteiger partial charge >= 0.3 is 0 Å². The van der Waals surface area contributed by atoms with Crippen molar-refractivity contribution < 1.29 is 14.8 Å². The number of nitro groups is 1. The summed E-state index contributed by atoms with van der Waals surface area (Å²) in [6.07, 6.45) is -0.322. The van der Waals surface area contributed by atoms with Crippen LogP contribution in [-0.4, -0.2) is 42.4 Å². The average Bonchev–Trinajstić information content (AvgIpc) is 2.38. The van der Waals surface area contributed by atoms with E-state index in [0.717, 1.165) is 0 Å². The molecule has 1 saturated heterocycles. The van der Waals surface area contributed by atoms with E-state index in [9.17, 15) is 10.1 Å². The van der Waals surface area contributed by atoms with Gasteiger partial charge in [-0.1, -0.05) is 11.6 Å². The van der Waals surface area contributed by atoms with E-state index in [1.807, 2.05) is 4.90 Å². The quantitative estimate of drug-likeness (QED) is 0.666. The van der Waals surface area contributed by atoms with Gasteiger partial charge in [0.15, 0.2) is 0 Å². The summed E-state index contributed by atoms with van der Waals surface area (Å²) in [5, 5.41) is 20.5. The number of ether oxygens (including phenoxy) is 1. The number of nitro benzene ring substituents is 1. The Balaban J connectivity index is 2.31. The first kappa shape index (κ1) is 13.1. The number of rotatable bonds is 3. The van der Waals surface area contributed by atoms with Gasteiger partial charge in [0, 0.05) is 24.2 Å². The molecular weight excluding hydrogens is 260 g/mol. The largest absolute Gasteiger partial charge is 0.394 e. The van der Waals surface area contributed by atoms with Crippen LogP contribution in [0.5, 0.6) is 0 Å². The van der Waals surface area contributed by atoms with E-state index in [1.165, 1.54) is 12.1 Å². The summed E-state index contributed by atoms with van der Waals surface area (Å²) in [6.45, 7) is 1.27. The molecule has 1 heterocycles. The maximum atomic E-state index is 11.0. The van der Waals surface area contributed by atoms with Gasteiger partial charge in [0.25, 0.3) is 5.69 Å². The lowest BCUT2D eigenvalue weighted by molar-refractivity contribution is -0.384. The Hall–Kier alpha value is -1.37. The molecular formula is C11H13ClN2O4. The van der Waals surface area contributed by atoms with Crippen LogP contribution in [0.25, 0.3) is 0 Å². The van der Waals surface area contributed by atoms with Crippen molar-refractivity contribution in [3.8, 4) is 0 Å². The topological polar surface area (TPSA) is 75.8 Å². The molecule has 18 heavy (non-hydrogen) atoms. The normalized spacial score (nSPS) is 19.9. The van der Waals surface area contributed by atoms with E-state index in [0.29, 0.717) is 30.4 Å². The summed E-state index contributed by atoms with van der Waals surface area (Å²) in [4.78, 5) is 12.4. The van der Waals surface area contributed by atoms with Crippen molar-refractivity contribution in [2.24, 2.45) is 0 Å². The lowest BCUT2D eigenvalue weighted by Gasteiger charge is -2.33. The molecule has 0 bridgehead atoms. The number of nitrogens with zero attached hydrogens (tertiary/aromatic N) is 2. The molecule has 6 nitrogen and oxygen atoms in total. The highest BCUT2D eigenvalue weighted by Crippen LogP contribution is 2.32. The second-order valence-electron chi connectivity index (χ2n) is 4.01. The molecule has 0 saturated carbocycles. The van der Waals surface area contributed by atoms with Crippen molar-refractivity contribution >= 4 is 23.0 Å². The van der Waals surface area contributed by atoms with E-state index >= 15 is 0 Å². The fourth-order valence-electron chi connectivity index (χ4n) is 1.95. The Morgan fingerprint density at radius 1 is 1.61 bits per heavy atom. The Morgan fingerprint density at radius 3 is 3.06 bits per heavy atom. The number of halogens is 1. The second-order valence-corrected chi connectivity index (χ2v) is 4.45. The number of hydrogen-bond acceptors (Lipinski definition) is 5. The highest BCUT2D eigenvalue weighted by atomic mass is 35.5. The van der Waals surface area contributed by atoms with Crippen molar-refractivity contribution in [3.63, 3.8) is 0 Å². The number of aliphatic hydroxyl groups excluding tert-OH is 1. The molecule has 1 unspecified atom stereocenters.